The average molecular weight is 326 g/mol. The number of pyridine rings is 1. The van der Waals surface area contributed by atoms with E-state index < -0.39 is 6.09 Å². The van der Waals surface area contributed by atoms with E-state index in [2.05, 4.69) is 30.2 Å². The van der Waals surface area contributed by atoms with E-state index in [1.165, 1.54) is 5.56 Å². The number of nitrogens with zero attached hydrogens (tertiary/aromatic N) is 1. The van der Waals surface area contributed by atoms with Crippen molar-refractivity contribution in [3.8, 4) is 17.0 Å². The Kier molecular flexibility index (Phi) is 4.18. The maximum Gasteiger partial charge on any atom is 0.405 e. The predicted molar refractivity (Wildman–Crippen MR) is 92.2 cm³/mol. The Labute approximate surface area is 141 Å². The van der Waals surface area contributed by atoms with Gasteiger partial charge in [0.05, 0.1) is 12.6 Å². The number of hydrogen-bond acceptors (Lipinski definition) is 3. The number of rotatable bonds is 4. The van der Waals surface area contributed by atoms with Crippen LogP contribution in [0.1, 0.15) is 37.9 Å². The number of benzene rings is 1. The summed E-state index contributed by atoms with van der Waals surface area (Å²) in [5.74, 6) is 0.612. The van der Waals surface area contributed by atoms with Crippen LogP contribution in [-0.2, 0) is 6.42 Å². The highest BCUT2D eigenvalue weighted by Crippen LogP contribution is 2.46. The Hall–Kier alpha value is -2.56. The second kappa shape index (κ2) is 6.15. The third kappa shape index (κ3) is 3.07. The first kappa shape index (κ1) is 16.3. The van der Waals surface area contributed by atoms with Gasteiger partial charge in [0, 0.05) is 12.3 Å². The van der Waals surface area contributed by atoms with Gasteiger partial charge >= 0.3 is 6.09 Å². The maximum absolute atomic E-state index is 11.1. The lowest BCUT2D eigenvalue weighted by atomic mass is 9.85. The van der Waals surface area contributed by atoms with Crippen LogP contribution in [0.3, 0.4) is 0 Å². The first-order valence-corrected chi connectivity index (χ1v) is 8.12. The molecule has 1 aliphatic carbocycles. The van der Waals surface area contributed by atoms with Crippen LogP contribution in [-0.4, -0.2) is 22.8 Å². The molecule has 1 aromatic heterocycles. The van der Waals surface area contributed by atoms with Gasteiger partial charge in [-0.3, -0.25) is 0 Å². The molecule has 2 N–H and O–H groups in total. The highest BCUT2D eigenvalue weighted by molar-refractivity contribution is 5.68. The predicted octanol–water partition coefficient (Wildman–Crippen LogP) is 4.04. The number of carbonyl (C=O) groups is 1. The monoisotopic (exact) mass is 326 g/mol. The van der Waals surface area contributed by atoms with E-state index in [9.17, 15) is 4.79 Å². The molecule has 1 amide bonds. The molecule has 2 aromatic rings. The number of ether oxygens (including phenoxy) is 1. The SMILES string of the molecule is CCOc1cc(-c2ccc3c(c2)CC(C)(C)C3NC(=O)O)ccn1. The van der Waals surface area contributed by atoms with Crippen LogP contribution in [0, 0.1) is 5.41 Å². The van der Waals surface area contributed by atoms with Crippen LogP contribution >= 0.6 is 0 Å². The lowest BCUT2D eigenvalue weighted by Crippen LogP contribution is -2.34. The number of hydrogen-bond donors (Lipinski definition) is 2. The van der Waals surface area contributed by atoms with E-state index in [0.717, 1.165) is 23.1 Å². The average Bonchev–Trinajstić information content (AvgIpc) is 2.77. The summed E-state index contributed by atoms with van der Waals surface area (Å²) in [5, 5.41) is 11.8. The highest BCUT2D eigenvalue weighted by Gasteiger charge is 2.39. The zero-order chi connectivity index (χ0) is 17.3. The van der Waals surface area contributed by atoms with Gasteiger partial charge < -0.3 is 15.2 Å². The first-order chi connectivity index (χ1) is 11.4. The van der Waals surface area contributed by atoms with E-state index >= 15 is 0 Å². The molecule has 24 heavy (non-hydrogen) atoms. The molecular weight excluding hydrogens is 304 g/mol. The number of aromatic nitrogens is 1. The van der Waals surface area contributed by atoms with Crippen molar-refractivity contribution in [1.82, 2.24) is 10.3 Å². The molecule has 1 aromatic carbocycles. The van der Waals surface area contributed by atoms with Gasteiger partial charge in [-0.05, 0) is 47.1 Å². The molecule has 0 saturated carbocycles. The third-order valence-electron chi connectivity index (χ3n) is 4.51. The Morgan fingerprint density at radius 3 is 2.79 bits per heavy atom. The molecule has 0 fully saturated rings. The highest BCUT2D eigenvalue weighted by atomic mass is 16.5. The van der Waals surface area contributed by atoms with Gasteiger partial charge in [0.1, 0.15) is 0 Å². The van der Waals surface area contributed by atoms with E-state index in [-0.39, 0.29) is 11.5 Å². The van der Waals surface area contributed by atoms with Crippen LogP contribution < -0.4 is 10.1 Å². The summed E-state index contributed by atoms with van der Waals surface area (Å²) in [5.41, 5.74) is 4.23. The van der Waals surface area contributed by atoms with Crippen molar-refractivity contribution >= 4 is 6.09 Å². The Morgan fingerprint density at radius 1 is 1.33 bits per heavy atom. The lowest BCUT2D eigenvalue weighted by molar-refractivity contribution is 0.175. The fraction of sp³-hybridized carbons (Fsp3) is 0.368. The van der Waals surface area contributed by atoms with Gasteiger partial charge in [0.25, 0.3) is 0 Å². The van der Waals surface area contributed by atoms with E-state index in [1.807, 2.05) is 31.2 Å². The lowest BCUT2D eigenvalue weighted by Gasteiger charge is -2.27. The first-order valence-electron chi connectivity index (χ1n) is 8.12. The third-order valence-corrected chi connectivity index (χ3v) is 4.51. The molecule has 0 aliphatic heterocycles. The number of nitrogens with one attached hydrogen (secondary N) is 1. The maximum atomic E-state index is 11.1. The Bertz CT molecular complexity index is 771. The molecule has 5 heteroatoms. The normalized spacial score (nSPS) is 18.0. The molecule has 0 bridgehead atoms. The smallest absolute Gasteiger partial charge is 0.405 e. The second-order valence-electron chi connectivity index (χ2n) is 6.78. The summed E-state index contributed by atoms with van der Waals surface area (Å²) in [7, 11) is 0. The zero-order valence-corrected chi connectivity index (χ0v) is 14.2. The largest absolute Gasteiger partial charge is 0.478 e. The van der Waals surface area contributed by atoms with Gasteiger partial charge in [0.2, 0.25) is 5.88 Å². The van der Waals surface area contributed by atoms with Gasteiger partial charge in [0.15, 0.2) is 0 Å². The molecule has 0 saturated heterocycles. The van der Waals surface area contributed by atoms with Crippen LogP contribution in [0.25, 0.3) is 11.1 Å². The molecule has 1 heterocycles. The number of amides is 1. The molecule has 1 unspecified atom stereocenters. The van der Waals surface area contributed by atoms with Crippen molar-refractivity contribution in [2.24, 2.45) is 5.41 Å². The van der Waals surface area contributed by atoms with Gasteiger partial charge in [-0.25, -0.2) is 9.78 Å². The minimum Gasteiger partial charge on any atom is -0.478 e. The van der Waals surface area contributed by atoms with Crippen molar-refractivity contribution in [3.63, 3.8) is 0 Å². The summed E-state index contributed by atoms with van der Waals surface area (Å²) in [6, 6.07) is 9.90. The number of carboxylic acid groups (broad SMARTS) is 1. The van der Waals surface area contributed by atoms with Crippen LogP contribution in [0.15, 0.2) is 36.5 Å². The van der Waals surface area contributed by atoms with Crippen LogP contribution in [0.5, 0.6) is 5.88 Å². The molecule has 0 radical (unpaired) electrons. The molecule has 1 atom stereocenters. The minimum absolute atomic E-state index is 0.145. The Balaban J connectivity index is 1.96. The summed E-state index contributed by atoms with van der Waals surface area (Å²) >= 11 is 0. The number of fused-ring (bicyclic) bond motifs is 1. The van der Waals surface area contributed by atoms with Crippen molar-refractivity contribution in [1.29, 1.82) is 0 Å². The summed E-state index contributed by atoms with van der Waals surface area (Å²) in [6.07, 6.45) is 1.59. The quantitative estimate of drug-likeness (QED) is 0.889. The van der Waals surface area contributed by atoms with Crippen molar-refractivity contribution in [2.45, 2.75) is 33.2 Å². The summed E-state index contributed by atoms with van der Waals surface area (Å²) < 4.78 is 5.47. The molecule has 126 valence electrons. The Morgan fingerprint density at radius 2 is 2.08 bits per heavy atom. The van der Waals surface area contributed by atoms with E-state index in [4.69, 9.17) is 9.84 Å². The molecule has 0 spiro atoms. The van der Waals surface area contributed by atoms with Crippen LogP contribution in [0.4, 0.5) is 4.79 Å². The minimum atomic E-state index is -0.986. The van der Waals surface area contributed by atoms with Crippen LogP contribution in [0.2, 0.25) is 0 Å². The van der Waals surface area contributed by atoms with Crippen molar-refractivity contribution in [2.75, 3.05) is 6.61 Å². The molecule has 1 aliphatic rings. The van der Waals surface area contributed by atoms with Gasteiger partial charge in [-0.1, -0.05) is 32.0 Å². The molecule has 5 nitrogen and oxygen atoms in total. The topological polar surface area (TPSA) is 71.5 Å². The van der Waals surface area contributed by atoms with E-state index in [1.54, 1.807) is 6.20 Å². The van der Waals surface area contributed by atoms with Gasteiger partial charge in [-0.2, -0.15) is 0 Å². The van der Waals surface area contributed by atoms with Gasteiger partial charge in [-0.15, -0.1) is 0 Å². The second-order valence-corrected chi connectivity index (χ2v) is 6.78. The zero-order valence-electron chi connectivity index (χ0n) is 14.2. The summed E-state index contributed by atoms with van der Waals surface area (Å²) in [4.78, 5) is 15.3. The van der Waals surface area contributed by atoms with E-state index in [0.29, 0.717) is 12.5 Å². The fourth-order valence-electron chi connectivity index (χ4n) is 3.45. The summed E-state index contributed by atoms with van der Waals surface area (Å²) in [6.45, 7) is 6.69. The molecule has 3 rings (SSSR count). The van der Waals surface area contributed by atoms with Crippen molar-refractivity contribution < 1.29 is 14.6 Å². The fourth-order valence-corrected chi connectivity index (χ4v) is 3.45. The standard InChI is InChI=1S/C19H22N2O3/c1-4-24-16-10-13(7-8-20-16)12-5-6-15-14(9-12)11-19(2,3)17(15)21-18(22)23/h5-10,17,21H,4,11H2,1-3H3,(H,22,23). The molecular formula is C19H22N2O3. The van der Waals surface area contributed by atoms with Crippen molar-refractivity contribution in [3.05, 3.63) is 47.7 Å².